The molecule has 3 atom stereocenters. The van der Waals surface area contributed by atoms with Crippen LogP contribution in [0.4, 0.5) is 0 Å². The standard InChI is InChI=1S/C13H21NO5/c1-7-5-8(9(6-7)11(16)17)10(15)14-13(2,3)12(18)19-4/h7-9H,5-6H2,1-4H3,(H,14,15)(H,16,17)/t7?,8-,9+/m0/s1. The van der Waals surface area contributed by atoms with Crippen molar-refractivity contribution in [3.63, 3.8) is 0 Å². The smallest absolute Gasteiger partial charge is 0.330 e. The van der Waals surface area contributed by atoms with Crippen molar-refractivity contribution in [3.8, 4) is 0 Å². The third kappa shape index (κ3) is 3.45. The first-order valence-corrected chi connectivity index (χ1v) is 6.32. The number of hydrogen-bond donors (Lipinski definition) is 2. The van der Waals surface area contributed by atoms with Gasteiger partial charge in [0.25, 0.3) is 0 Å². The fraction of sp³-hybridized carbons (Fsp3) is 0.769. The molecule has 6 heteroatoms. The minimum atomic E-state index is -1.15. The summed E-state index contributed by atoms with van der Waals surface area (Å²) in [6.07, 6.45) is 1.02. The van der Waals surface area contributed by atoms with Crippen molar-refractivity contribution in [3.05, 3.63) is 0 Å². The number of nitrogens with one attached hydrogen (secondary N) is 1. The van der Waals surface area contributed by atoms with Gasteiger partial charge in [0.05, 0.1) is 18.9 Å². The van der Waals surface area contributed by atoms with Crippen LogP contribution in [-0.2, 0) is 19.1 Å². The van der Waals surface area contributed by atoms with Crippen LogP contribution in [0.2, 0.25) is 0 Å². The Bertz CT molecular complexity index is 390. The molecule has 1 aliphatic carbocycles. The van der Waals surface area contributed by atoms with Crippen molar-refractivity contribution in [2.45, 2.75) is 39.2 Å². The van der Waals surface area contributed by atoms with Gasteiger partial charge < -0.3 is 15.2 Å². The number of ether oxygens (including phenoxy) is 1. The lowest BCUT2D eigenvalue weighted by atomic mass is 9.94. The second-order valence-electron chi connectivity index (χ2n) is 5.73. The van der Waals surface area contributed by atoms with E-state index in [1.807, 2.05) is 6.92 Å². The number of carbonyl (C=O) groups is 3. The Morgan fingerprint density at radius 3 is 2.21 bits per heavy atom. The Kier molecular flexibility index (Phi) is 4.55. The third-order valence-corrected chi connectivity index (χ3v) is 3.58. The molecule has 0 heterocycles. The highest BCUT2D eigenvalue weighted by atomic mass is 16.5. The topological polar surface area (TPSA) is 92.7 Å². The highest BCUT2D eigenvalue weighted by Crippen LogP contribution is 2.36. The van der Waals surface area contributed by atoms with Crippen LogP contribution in [0.5, 0.6) is 0 Å². The molecule has 19 heavy (non-hydrogen) atoms. The zero-order valence-corrected chi connectivity index (χ0v) is 11.7. The molecular weight excluding hydrogens is 250 g/mol. The van der Waals surface area contributed by atoms with Crippen LogP contribution >= 0.6 is 0 Å². The van der Waals surface area contributed by atoms with E-state index in [0.717, 1.165) is 0 Å². The lowest BCUT2D eigenvalue weighted by Gasteiger charge is -2.26. The number of carbonyl (C=O) groups excluding carboxylic acids is 2. The van der Waals surface area contributed by atoms with Crippen molar-refractivity contribution in [1.29, 1.82) is 0 Å². The van der Waals surface area contributed by atoms with E-state index in [1.54, 1.807) is 0 Å². The molecule has 0 spiro atoms. The molecule has 0 radical (unpaired) electrons. The Labute approximate surface area is 112 Å². The number of amides is 1. The maximum Gasteiger partial charge on any atom is 0.330 e. The van der Waals surface area contributed by atoms with Gasteiger partial charge in [0.2, 0.25) is 5.91 Å². The summed E-state index contributed by atoms with van der Waals surface area (Å²) in [5.74, 6) is -2.98. The molecule has 0 aromatic carbocycles. The normalized spacial score (nSPS) is 26.8. The largest absolute Gasteiger partial charge is 0.481 e. The molecule has 0 aromatic heterocycles. The van der Waals surface area contributed by atoms with E-state index < -0.39 is 35.2 Å². The van der Waals surface area contributed by atoms with Gasteiger partial charge in [-0.05, 0) is 32.6 Å². The lowest BCUT2D eigenvalue weighted by molar-refractivity contribution is -0.151. The maximum absolute atomic E-state index is 12.2. The van der Waals surface area contributed by atoms with E-state index in [1.165, 1.54) is 21.0 Å². The molecule has 1 unspecified atom stereocenters. The predicted molar refractivity (Wildman–Crippen MR) is 67.3 cm³/mol. The fourth-order valence-electron chi connectivity index (χ4n) is 2.56. The number of rotatable bonds is 4. The predicted octanol–water partition coefficient (Wildman–Crippen LogP) is 0.801. The zero-order valence-electron chi connectivity index (χ0n) is 11.7. The summed E-state index contributed by atoms with van der Waals surface area (Å²) in [7, 11) is 1.24. The second kappa shape index (κ2) is 5.59. The number of carboxylic acid groups (broad SMARTS) is 1. The van der Waals surface area contributed by atoms with Crippen molar-refractivity contribution in [2.24, 2.45) is 17.8 Å². The summed E-state index contributed by atoms with van der Waals surface area (Å²) in [4.78, 5) is 34.8. The van der Waals surface area contributed by atoms with E-state index in [0.29, 0.717) is 12.8 Å². The monoisotopic (exact) mass is 271 g/mol. The number of aliphatic carboxylic acids is 1. The Morgan fingerprint density at radius 2 is 1.74 bits per heavy atom. The highest BCUT2D eigenvalue weighted by Gasteiger charge is 2.43. The molecule has 0 saturated heterocycles. The van der Waals surface area contributed by atoms with Crippen molar-refractivity contribution >= 4 is 17.8 Å². The van der Waals surface area contributed by atoms with Gasteiger partial charge in [-0.2, -0.15) is 0 Å². The van der Waals surface area contributed by atoms with Gasteiger partial charge in [0.1, 0.15) is 5.54 Å². The molecule has 0 bridgehead atoms. The van der Waals surface area contributed by atoms with E-state index >= 15 is 0 Å². The van der Waals surface area contributed by atoms with Crippen LogP contribution < -0.4 is 5.32 Å². The first-order valence-electron chi connectivity index (χ1n) is 6.32. The Balaban J connectivity index is 2.77. The first-order chi connectivity index (χ1) is 8.69. The summed E-state index contributed by atoms with van der Waals surface area (Å²) < 4.78 is 4.60. The number of esters is 1. The summed E-state index contributed by atoms with van der Waals surface area (Å²) in [6.45, 7) is 4.99. The van der Waals surface area contributed by atoms with Crippen molar-refractivity contribution in [1.82, 2.24) is 5.32 Å². The average molecular weight is 271 g/mol. The number of carboxylic acids is 1. The van der Waals surface area contributed by atoms with Crippen molar-refractivity contribution in [2.75, 3.05) is 7.11 Å². The van der Waals surface area contributed by atoms with Crippen LogP contribution in [-0.4, -0.2) is 35.6 Å². The summed E-state index contributed by atoms with van der Waals surface area (Å²) >= 11 is 0. The van der Waals surface area contributed by atoms with Gasteiger partial charge in [-0.3, -0.25) is 9.59 Å². The SMILES string of the molecule is COC(=O)C(C)(C)NC(=O)[C@H]1CC(C)C[C@H]1C(=O)O. The summed E-state index contributed by atoms with van der Waals surface area (Å²) in [5, 5.41) is 11.7. The van der Waals surface area contributed by atoms with Gasteiger partial charge in [-0.15, -0.1) is 0 Å². The quantitative estimate of drug-likeness (QED) is 0.738. The molecule has 108 valence electrons. The molecule has 1 fully saturated rings. The molecule has 2 N–H and O–H groups in total. The second-order valence-corrected chi connectivity index (χ2v) is 5.73. The van der Waals surface area contributed by atoms with Gasteiger partial charge in [-0.25, -0.2) is 4.79 Å². The fourth-order valence-corrected chi connectivity index (χ4v) is 2.56. The van der Waals surface area contributed by atoms with Crippen LogP contribution in [0.3, 0.4) is 0 Å². The van der Waals surface area contributed by atoms with Crippen LogP contribution in [0, 0.1) is 17.8 Å². The molecule has 1 amide bonds. The molecule has 6 nitrogen and oxygen atoms in total. The van der Waals surface area contributed by atoms with Crippen LogP contribution in [0.25, 0.3) is 0 Å². The molecular formula is C13H21NO5. The molecule has 0 aromatic rings. The molecule has 1 saturated carbocycles. The Morgan fingerprint density at radius 1 is 1.21 bits per heavy atom. The number of methoxy groups -OCH3 is 1. The Hall–Kier alpha value is -1.59. The zero-order chi connectivity index (χ0) is 14.8. The summed E-state index contributed by atoms with van der Waals surface area (Å²) in [6, 6.07) is 0. The average Bonchev–Trinajstić information content (AvgIpc) is 2.69. The highest BCUT2D eigenvalue weighted by molar-refractivity contribution is 5.90. The van der Waals surface area contributed by atoms with Gasteiger partial charge in [0.15, 0.2) is 0 Å². The van der Waals surface area contributed by atoms with Crippen LogP contribution in [0.1, 0.15) is 33.6 Å². The summed E-state index contributed by atoms with van der Waals surface area (Å²) in [5.41, 5.74) is -1.15. The van der Waals surface area contributed by atoms with Gasteiger partial charge >= 0.3 is 11.9 Å². The molecule has 1 aliphatic rings. The maximum atomic E-state index is 12.2. The lowest BCUT2D eigenvalue weighted by Crippen LogP contribution is -2.52. The third-order valence-electron chi connectivity index (χ3n) is 3.58. The molecule has 1 rings (SSSR count). The van der Waals surface area contributed by atoms with E-state index in [-0.39, 0.29) is 5.92 Å². The number of hydrogen-bond acceptors (Lipinski definition) is 4. The minimum Gasteiger partial charge on any atom is -0.481 e. The first kappa shape index (κ1) is 15.5. The van der Waals surface area contributed by atoms with Crippen LogP contribution in [0.15, 0.2) is 0 Å². The van der Waals surface area contributed by atoms with E-state index in [4.69, 9.17) is 5.11 Å². The van der Waals surface area contributed by atoms with Crippen molar-refractivity contribution < 1.29 is 24.2 Å². The molecule has 0 aliphatic heterocycles. The minimum absolute atomic E-state index is 0.193. The van der Waals surface area contributed by atoms with Gasteiger partial charge in [-0.1, -0.05) is 6.92 Å². The van der Waals surface area contributed by atoms with Gasteiger partial charge in [0, 0.05) is 0 Å². The van der Waals surface area contributed by atoms with E-state index in [2.05, 4.69) is 10.1 Å². The van der Waals surface area contributed by atoms with E-state index in [9.17, 15) is 14.4 Å².